The van der Waals surface area contributed by atoms with Crippen LogP contribution in [-0.2, 0) is 9.59 Å². The lowest BCUT2D eigenvalue weighted by molar-refractivity contribution is -0.134. The van der Waals surface area contributed by atoms with E-state index in [0.717, 1.165) is 26.2 Å². The molecule has 1 fully saturated rings. The summed E-state index contributed by atoms with van der Waals surface area (Å²) in [4.78, 5) is 28.5. The van der Waals surface area contributed by atoms with Gasteiger partial charge in [-0.3, -0.25) is 14.5 Å². The Kier molecular flexibility index (Phi) is 4.73. The summed E-state index contributed by atoms with van der Waals surface area (Å²) in [6.45, 7) is 5.42. The van der Waals surface area contributed by atoms with E-state index in [1.165, 1.54) is 0 Å². The van der Waals surface area contributed by atoms with Gasteiger partial charge in [0.05, 0.1) is 6.54 Å². The van der Waals surface area contributed by atoms with Crippen molar-refractivity contribution in [2.75, 3.05) is 46.8 Å². The SMILES string of the molecule is CCC(=O)N1CCN(CC(=O)N(C)C)CC1. The Bertz CT molecular complexity index is 258. The molecule has 92 valence electrons. The number of likely N-dealkylation sites (N-methyl/N-ethyl adjacent to an activating group) is 1. The van der Waals surface area contributed by atoms with Crippen molar-refractivity contribution >= 4 is 11.8 Å². The molecule has 0 aromatic rings. The van der Waals surface area contributed by atoms with Crippen molar-refractivity contribution in [3.05, 3.63) is 0 Å². The summed E-state index contributed by atoms with van der Waals surface area (Å²) in [5.41, 5.74) is 0. The molecular weight excluding hydrogens is 206 g/mol. The predicted molar refractivity (Wildman–Crippen MR) is 62.0 cm³/mol. The monoisotopic (exact) mass is 227 g/mol. The highest BCUT2D eigenvalue weighted by Gasteiger charge is 2.21. The van der Waals surface area contributed by atoms with Gasteiger partial charge in [0.1, 0.15) is 0 Å². The van der Waals surface area contributed by atoms with E-state index in [1.54, 1.807) is 19.0 Å². The Morgan fingerprint density at radius 2 is 1.69 bits per heavy atom. The number of carbonyl (C=O) groups excluding carboxylic acids is 2. The van der Waals surface area contributed by atoms with Crippen molar-refractivity contribution in [1.29, 1.82) is 0 Å². The first kappa shape index (κ1) is 13.0. The largest absolute Gasteiger partial charge is 0.348 e. The number of nitrogens with zero attached hydrogens (tertiary/aromatic N) is 3. The molecule has 1 heterocycles. The molecule has 0 radical (unpaired) electrons. The Morgan fingerprint density at radius 1 is 1.12 bits per heavy atom. The molecule has 0 N–H and O–H groups in total. The van der Waals surface area contributed by atoms with Crippen molar-refractivity contribution in [3.63, 3.8) is 0 Å². The van der Waals surface area contributed by atoms with Crippen LogP contribution in [0.1, 0.15) is 13.3 Å². The van der Waals surface area contributed by atoms with Gasteiger partial charge in [-0.1, -0.05) is 6.92 Å². The maximum absolute atomic E-state index is 11.5. The van der Waals surface area contributed by atoms with E-state index in [2.05, 4.69) is 4.90 Å². The van der Waals surface area contributed by atoms with Gasteiger partial charge in [-0.2, -0.15) is 0 Å². The van der Waals surface area contributed by atoms with E-state index >= 15 is 0 Å². The molecular formula is C11H21N3O2. The lowest BCUT2D eigenvalue weighted by Crippen LogP contribution is -2.50. The van der Waals surface area contributed by atoms with Gasteiger partial charge in [0.15, 0.2) is 0 Å². The van der Waals surface area contributed by atoms with Gasteiger partial charge in [-0.25, -0.2) is 0 Å². The molecule has 1 aliphatic heterocycles. The molecule has 0 aromatic heterocycles. The molecule has 0 unspecified atom stereocenters. The highest BCUT2D eigenvalue weighted by molar-refractivity contribution is 5.78. The van der Waals surface area contributed by atoms with Gasteiger partial charge in [0.25, 0.3) is 0 Å². The summed E-state index contributed by atoms with van der Waals surface area (Å²) in [5, 5.41) is 0. The van der Waals surface area contributed by atoms with E-state index in [1.807, 2.05) is 11.8 Å². The molecule has 1 aliphatic rings. The molecule has 2 amide bonds. The van der Waals surface area contributed by atoms with Crippen LogP contribution in [0.4, 0.5) is 0 Å². The Balaban J connectivity index is 2.32. The molecule has 1 rings (SSSR count). The molecule has 0 saturated carbocycles. The zero-order valence-electron chi connectivity index (χ0n) is 10.4. The highest BCUT2D eigenvalue weighted by atomic mass is 16.2. The van der Waals surface area contributed by atoms with Crippen molar-refractivity contribution in [2.45, 2.75) is 13.3 Å². The van der Waals surface area contributed by atoms with Crippen LogP contribution in [0.3, 0.4) is 0 Å². The van der Waals surface area contributed by atoms with Crippen LogP contribution in [-0.4, -0.2) is 73.3 Å². The van der Waals surface area contributed by atoms with Gasteiger partial charge in [0.2, 0.25) is 11.8 Å². The fourth-order valence-electron chi connectivity index (χ4n) is 1.71. The normalized spacial score (nSPS) is 17.3. The Morgan fingerprint density at radius 3 is 2.12 bits per heavy atom. The summed E-state index contributed by atoms with van der Waals surface area (Å²) >= 11 is 0. The van der Waals surface area contributed by atoms with Gasteiger partial charge >= 0.3 is 0 Å². The summed E-state index contributed by atoms with van der Waals surface area (Å²) in [6.07, 6.45) is 0.566. The third-order valence-corrected chi connectivity index (χ3v) is 2.89. The zero-order valence-corrected chi connectivity index (χ0v) is 10.4. The maximum atomic E-state index is 11.5. The van der Waals surface area contributed by atoms with Crippen LogP contribution in [0.25, 0.3) is 0 Å². The zero-order chi connectivity index (χ0) is 12.1. The predicted octanol–water partition coefficient (Wildman–Crippen LogP) is -0.371. The average molecular weight is 227 g/mol. The Labute approximate surface area is 97.0 Å². The van der Waals surface area contributed by atoms with Gasteiger partial charge < -0.3 is 9.80 Å². The lowest BCUT2D eigenvalue weighted by Gasteiger charge is -2.34. The molecule has 1 saturated heterocycles. The molecule has 0 spiro atoms. The van der Waals surface area contributed by atoms with E-state index in [-0.39, 0.29) is 11.8 Å². The first-order valence-electron chi connectivity index (χ1n) is 5.75. The third kappa shape index (κ3) is 3.48. The van der Waals surface area contributed by atoms with Crippen LogP contribution in [0.5, 0.6) is 0 Å². The standard InChI is InChI=1S/C11H21N3O2/c1-4-10(15)14-7-5-13(6-8-14)9-11(16)12(2)3/h4-9H2,1-3H3. The van der Waals surface area contributed by atoms with E-state index in [4.69, 9.17) is 0 Å². The molecule has 0 atom stereocenters. The van der Waals surface area contributed by atoms with Gasteiger partial charge in [0, 0.05) is 46.7 Å². The quantitative estimate of drug-likeness (QED) is 0.660. The average Bonchev–Trinajstić information content (AvgIpc) is 2.28. The highest BCUT2D eigenvalue weighted by Crippen LogP contribution is 2.03. The molecule has 5 nitrogen and oxygen atoms in total. The Hall–Kier alpha value is -1.10. The van der Waals surface area contributed by atoms with Gasteiger partial charge in [-0.15, -0.1) is 0 Å². The molecule has 0 bridgehead atoms. The van der Waals surface area contributed by atoms with Gasteiger partial charge in [-0.05, 0) is 0 Å². The van der Waals surface area contributed by atoms with E-state index < -0.39 is 0 Å². The van der Waals surface area contributed by atoms with Crippen molar-refractivity contribution in [1.82, 2.24) is 14.7 Å². The second kappa shape index (κ2) is 5.84. The summed E-state index contributed by atoms with van der Waals surface area (Å²) < 4.78 is 0. The van der Waals surface area contributed by atoms with Crippen molar-refractivity contribution in [2.24, 2.45) is 0 Å². The first-order chi connectivity index (χ1) is 7.54. The number of rotatable bonds is 3. The fraction of sp³-hybridized carbons (Fsp3) is 0.818. The molecule has 0 aromatic carbocycles. The second-order valence-corrected chi connectivity index (χ2v) is 4.30. The molecule has 16 heavy (non-hydrogen) atoms. The summed E-state index contributed by atoms with van der Waals surface area (Å²) in [7, 11) is 3.53. The topological polar surface area (TPSA) is 43.9 Å². The fourth-order valence-corrected chi connectivity index (χ4v) is 1.71. The first-order valence-corrected chi connectivity index (χ1v) is 5.75. The number of hydrogen-bond donors (Lipinski definition) is 0. The minimum atomic E-state index is 0.121. The van der Waals surface area contributed by atoms with Crippen molar-refractivity contribution < 1.29 is 9.59 Å². The van der Waals surface area contributed by atoms with Crippen LogP contribution in [0.2, 0.25) is 0 Å². The molecule has 0 aliphatic carbocycles. The smallest absolute Gasteiger partial charge is 0.236 e. The molecule has 5 heteroatoms. The number of hydrogen-bond acceptors (Lipinski definition) is 3. The second-order valence-electron chi connectivity index (χ2n) is 4.30. The van der Waals surface area contributed by atoms with Crippen LogP contribution >= 0.6 is 0 Å². The number of carbonyl (C=O) groups is 2. The van der Waals surface area contributed by atoms with Crippen molar-refractivity contribution in [3.8, 4) is 0 Å². The lowest BCUT2D eigenvalue weighted by atomic mass is 10.3. The van der Waals surface area contributed by atoms with E-state index in [9.17, 15) is 9.59 Å². The van der Waals surface area contributed by atoms with Crippen LogP contribution < -0.4 is 0 Å². The number of piperazine rings is 1. The van der Waals surface area contributed by atoms with Crippen LogP contribution in [0, 0.1) is 0 Å². The maximum Gasteiger partial charge on any atom is 0.236 e. The van der Waals surface area contributed by atoms with E-state index in [0.29, 0.717) is 13.0 Å². The third-order valence-electron chi connectivity index (χ3n) is 2.89. The number of amides is 2. The minimum Gasteiger partial charge on any atom is -0.348 e. The summed E-state index contributed by atoms with van der Waals surface area (Å²) in [6, 6.07) is 0. The summed E-state index contributed by atoms with van der Waals surface area (Å²) in [5.74, 6) is 0.328. The minimum absolute atomic E-state index is 0.121. The van der Waals surface area contributed by atoms with Crippen LogP contribution in [0.15, 0.2) is 0 Å².